The number of likely N-dealkylation sites (tertiary alicyclic amines) is 1. The van der Waals surface area contributed by atoms with E-state index in [0.717, 1.165) is 51.4 Å². The average Bonchev–Trinajstić information content (AvgIpc) is 3.54. The van der Waals surface area contributed by atoms with Crippen LogP contribution in [0.4, 0.5) is 13.2 Å². The summed E-state index contributed by atoms with van der Waals surface area (Å²) in [5.74, 6) is 0.808. The normalized spacial score (nSPS) is 29.8. The fourth-order valence-corrected chi connectivity index (χ4v) is 6.55. The molecule has 1 aromatic rings. The van der Waals surface area contributed by atoms with Crippen LogP contribution in [-0.2, 0) is 23.9 Å². The molecule has 2 unspecified atom stereocenters. The third-order valence-electron chi connectivity index (χ3n) is 8.83. The Morgan fingerprint density at radius 3 is 2.60 bits per heavy atom. The second kappa shape index (κ2) is 9.30. The summed E-state index contributed by atoms with van der Waals surface area (Å²) in [5.41, 5.74) is -0.0169. The van der Waals surface area contributed by atoms with Crippen LogP contribution in [0.15, 0.2) is 34.8 Å². The molecule has 4 heterocycles. The van der Waals surface area contributed by atoms with Gasteiger partial charge < -0.3 is 9.80 Å². The first-order valence-corrected chi connectivity index (χ1v) is 12.8. The summed E-state index contributed by atoms with van der Waals surface area (Å²) in [7, 11) is 0. The highest BCUT2D eigenvalue weighted by atomic mass is 19.4. The predicted octanol–water partition coefficient (Wildman–Crippen LogP) is 5.24. The Bertz CT molecular complexity index is 1000. The molecule has 1 amide bonds. The molecule has 190 valence electrons. The molecule has 1 saturated carbocycles. The summed E-state index contributed by atoms with van der Waals surface area (Å²) in [6, 6.07) is 1.76. The molecule has 0 N–H and O–H groups in total. The van der Waals surface area contributed by atoms with Gasteiger partial charge in [-0.3, -0.25) is 9.78 Å². The standard InChI is InChI=1S/C26H34F3N5O/c1-17(2)25(8-3-21(14-25)33-10-5-18(6-11-33)23-4-9-31-32-23)24(35)34-12-7-22-19(16-34)13-20(15-30-22)26(27,28)29/h4,9,13,15,17-18,21,23H,3,5-8,10-12,14,16H2,1-2H3/t21?,23?,25-/m0/s1. The van der Waals surface area contributed by atoms with Crippen LogP contribution in [0.5, 0.6) is 0 Å². The topological polar surface area (TPSA) is 61.2 Å². The van der Waals surface area contributed by atoms with Gasteiger partial charge in [0.25, 0.3) is 0 Å². The summed E-state index contributed by atoms with van der Waals surface area (Å²) in [6.45, 7) is 6.98. The van der Waals surface area contributed by atoms with E-state index in [1.807, 2.05) is 0 Å². The van der Waals surface area contributed by atoms with Gasteiger partial charge in [0.1, 0.15) is 0 Å². The van der Waals surface area contributed by atoms with E-state index < -0.39 is 17.2 Å². The first kappa shape index (κ1) is 24.4. The summed E-state index contributed by atoms with van der Waals surface area (Å²) in [5, 5.41) is 8.32. The molecule has 35 heavy (non-hydrogen) atoms. The molecule has 6 nitrogen and oxygen atoms in total. The number of piperidine rings is 1. The first-order chi connectivity index (χ1) is 16.7. The highest BCUT2D eigenvalue weighted by Crippen LogP contribution is 2.48. The van der Waals surface area contributed by atoms with Gasteiger partial charge in [-0.25, -0.2) is 0 Å². The number of pyridine rings is 1. The molecule has 3 atom stereocenters. The van der Waals surface area contributed by atoms with E-state index in [4.69, 9.17) is 0 Å². The van der Waals surface area contributed by atoms with E-state index >= 15 is 0 Å². The summed E-state index contributed by atoms with van der Waals surface area (Å²) in [6.07, 6.45) is 5.66. The zero-order chi connectivity index (χ0) is 24.8. The number of fused-ring (bicyclic) bond motifs is 1. The number of hydrogen-bond acceptors (Lipinski definition) is 5. The van der Waals surface area contributed by atoms with Crippen LogP contribution in [0.1, 0.15) is 62.8 Å². The van der Waals surface area contributed by atoms with Crippen LogP contribution >= 0.6 is 0 Å². The Balaban J connectivity index is 1.26. The Kier molecular flexibility index (Phi) is 6.48. The number of carbonyl (C=O) groups excluding carboxylic acids is 1. The number of rotatable bonds is 4. The molecule has 1 aromatic heterocycles. The maximum Gasteiger partial charge on any atom is 0.417 e. The van der Waals surface area contributed by atoms with Crippen molar-refractivity contribution in [3.05, 3.63) is 41.4 Å². The lowest BCUT2D eigenvalue weighted by molar-refractivity contribution is -0.146. The lowest BCUT2D eigenvalue weighted by atomic mass is 9.73. The number of aromatic nitrogens is 1. The Morgan fingerprint density at radius 2 is 1.94 bits per heavy atom. The quantitative estimate of drug-likeness (QED) is 0.581. The Hall–Kier alpha value is -2.29. The van der Waals surface area contributed by atoms with E-state index in [1.54, 1.807) is 11.1 Å². The molecule has 0 radical (unpaired) electrons. The van der Waals surface area contributed by atoms with E-state index in [0.29, 0.717) is 36.2 Å². The van der Waals surface area contributed by atoms with Crippen LogP contribution in [0.2, 0.25) is 0 Å². The van der Waals surface area contributed by atoms with Crippen molar-refractivity contribution in [1.82, 2.24) is 14.8 Å². The van der Waals surface area contributed by atoms with E-state index in [-0.39, 0.29) is 24.4 Å². The minimum absolute atomic E-state index is 0.101. The molecular weight excluding hydrogens is 455 g/mol. The predicted molar refractivity (Wildman–Crippen MR) is 125 cm³/mol. The zero-order valence-electron chi connectivity index (χ0n) is 20.5. The summed E-state index contributed by atoms with van der Waals surface area (Å²) in [4.78, 5) is 22.3. The van der Waals surface area contributed by atoms with Crippen molar-refractivity contribution in [1.29, 1.82) is 0 Å². The highest BCUT2D eigenvalue weighted by molar-refractivity contribution is 5.83. The van der Waals surface area contributed by atoms with Crippen molar-refractivity contribution < 1.29 is 18.0 Å². The molecule has 1 aliphatic carbocycles. The largest absolute Gasteiger partial charge is 0.417 e. The van der Waals surface area contributed by atoms with E-state index in [9.17, 15) is 18.0 Å². The van der Waals surface area contributed by atoms with Gasteiger partial charge in [-0.2, -0.15) is 23.4 Å². The number of hydrogen-bond donors (Lipinski definition) is 0. The van der Waals surface area contributed by atoms with Gasteiger partial charge in [-0.1, -0.05) is 13.8 Å². The Labute approximate surface area is 204 Å². The summed E-state index contributed by atoms with van der Waals surface area (Å²) < 4.78 is 39.7. The third-order valence-corrected chi connectivity index (χ3v) is 8.83. The fraction of sp³-hybridized carbons (Fsp3) is 0.692. The second-order valence-electron chi connectivity index (χ2n) is 10.9. The molecular formula is C26H34F3N5O. The van der Waals surface area contributed by atoms with Crippen LogP contribution in [-0.4, -0.2) is 52.4 Å². The summed E-state index contributed by atoms with van der Waals surface area (Å²) >= 11 is 0. The SMILES string of the molecule is CC(C)[C@]1(C(=O)N2CCc3ncc(C(F)(F)F)cc3C2)CCC(N2CCC(C3C=CN=N3)CC2)C1. The molecule has 5 rings (SSSR count). The van der Waals surface area contributed by atoms with Crippen LogP contribution in [0.25, 0.3) is 0 Å². The first-order valence-electron chi connectivity index (χ1n) is 12.8. The second-order valence-corrected chi connectivity index (χ2v) is 10.9. The number of halogens is 3. The average molecular weight is 490 g/mol. The number of alkyl halides is 3. The smallest absolute Gasteiger partial charge is 0.337 e. The van der Waals surface area contributed by atoms with Crippen molar-refractivity contribution >= 4 is 5.91 Å². The van der Waals surface area contributed by atoms with Crippen molar-refractivity contribution in [2.45, 2.75) is 77.2 Å². The maximum atomic E-state index is 13.9. The minimum atomic E-state index is -4.43. The van der Waals surface area contributed by atoms with Crippen molar-refractivity contribution in [2.24, 2.45) is 27.5 Å². The van der Waals surface area contributed by atoms with Gasteiger partial charge in [0.2, 0.25) is 5.91 Å². The van der Waals surface area contributed by atoms with Crippen molar-refractivity contribution in [3.63, 3.8) is 0 Å². The molecule has 4 aliphatic rings. The highest BCUT2D eigenvalue weighted by Gasteiger charge is 2.51. The minimum Gasteiger partial charge on any atom is -0.337 e. The number of amides is 1. The lowest BCUT2D eigenvalue weighted by Crippen LogP contribution is -2.49. The molecule has 0 aromatic carbocycles. The van der Waals surface area contributed by atoms with Crippen LogP contribution < -0.4 is 0 Å². The number of carbonyl (C=O) groups is 1. The van der Waals surface area contributed by atoms with Gasteiger partial charge in [0.15, 0.2) is 0 Å². The van der Waals surface area contributed by atoms with E-state index in [1.165, 1.54) is 6.07 Å². The molecule has 2 fully saturated rings. The van der Waals surface area contributed by atoms with Crippen molar-refractivity contribution in [2.75, 3.05) is 19.6 Å². The fourth-order valence-electron chi connectivity index (χ4n) is 6.55. The number of nitrogens with zero attached hydrogens (tertiary/aromatic N) is 5. The van der Waals surface area contributed by atoms with Crippen LogP contribution in [0.3, 0.4) is 0 Å². The molecule has 1 saturated heterocycles. The van der Waals surface area contributed by atoms with Crippen molar-refractivity contribution in [3.8, 4) is 0 Å². The third kappa shape index (κ3) is 4.63. The van der Waals surface area contributed by atoms with Gasteiger partial charge in [0.05, 0.1) is 17.0 Å². The maximum absolute atomic E-state index is 13.9. The van der Waals surface area contributed by atoms with Crippen LogP contribution in [0, 0.1) is 17.3 Å². The zero-order valence-corrected chi connectivity index (χ0v) is 20.5. The monoisotopic (exact) mass is 489 g/mol. The van der Waals surface area contributed by atoms with Gasteiger partial charge >= 0.3 is 6.18 Å². The number of azo groups is 1. The Morgan fingerprint density at radius 1 is 1.17 bits per heavy atom. The van der Waals surface area contributed by atoms with Gasteiger partial charge in [0, 0.05) is 43.6 Å². The van der Waals surface area contributed by atoms with Gasteiger partial charge in [-0.05, 0) is 74.7 Å². The molecule has 0 spiro atoms. The van der Waals surface area contributed by atoms with E-state index in [2.05, 4.69) is 40.0 Å². The molecule has 9 heteroatoms. The molecule has 3 aliphatic heterocycles. The molecule has 0 bridgehead atoms. The lowest BCUT2D eigenvalue weighted by Gasteiger charge is -2.41. The van der Waals surface area contributed by atoms with Gasteiger partial charge in [-0.15, -0.1) is 0 Å².